The first-order chi connectivity index (χ1) is 11.8. The van der Waals surface area contributed by atoms with E-state index in [2.05, 4.69) is 27.9 Å². The Hall–Kier alpha value is -3.07. The molecule has 24 heavy (non-hydrogen) atoms. The number of aromatic nitrogens is 3. The first-order valence-electron chi connectivity index (χ1n) is 8.07. The van der Waals surface area contributed by atoms with E-state index >= 15 is 0 Å². The Morgan fingerprint density at radius 2 is 2.29 bits per heavy atom. The van der Waals surface area contributed by atoms with Gasteiger partial charge in [-0.15, -0.1) is 0 Å². The fourth-order valence-electron chi connectivity index (χ4n) is 3.06. The molecule has 3 heterocycles. The highest BCUT2D eigenvalue weighted by Crippen LogP contribution is 2.35. The minimum atomic E-state index is 0.546. The van der Waals surface area contributed by atoms with Crippen molar-refractivity contribution >= 4 is 16.7 Å². The lowest BCUT2D eigenvalue weighted by atomic mass is 10.2. The van der Waals surface area contributed by atoms with Crippen molar-refractivity contribution in [2.75, 3.05) is 18.5 Å². The summed E-state index contributed by atoms with van der Waals surface area (Å²) in [6.07, 6.45) is 2.50. The maximum atomic E-state index is 8.94. The second kappa shape index (κ2) is 5.85. The van der Waals surface area contributed by atoms with Crippen LogP contribution in [0.4, 0.5) is 5.69 Å². The first kappa shape index (κ1) is 14.5. The molecule has 120 valence electrons. The van der Waals surface area contributed by atoms with Gasteiger partial charge in [-0.1, -0.05) is 0 Å². The molecular weight excluding hydrogens is 302 g/mol. The van der Waals surface area contributed by atoms with E-state index in [1.165, 1.54) is 0 Å². The van der Waals surface area contributed by atoms with E-state index in [0.29, 0.717) is 12.2 Å². The number of hydrogen-bond donors (Lipinski definition) is 1. The van der Waals surface area contributed by atoms with Crippen LogP contribution >= 0.6 is 0 Å². The predicted octanol–water partition coefficient (Wildman–Crippen LogP) is 3.18. The normalized spacial score (nSPS) is 13.2. The molecule has 1 aromatic carbocycles. The van der Waals surface area contributed by atoms with Crippen LogP contribution in [0, 0.1) is 11.3 Å². The third-order valence-corrected chi connectivity index (χ3v) is 4.09. The van der Waals surface area contributed by atoms with E-state index in [0.717, 1.165) is 53.5 Å². The van der Waals surface area contributed by atoms with Gasteiger partial charge in [0.25, 0.3) is 0 Å². The number of pyridine rings is 1. The van der Waals surface area contributed by atoms with Gasteiger partial charge in [-0.3, -0.25) is 4.98 Å². The van der Waals surface area contributed by atoms with Gasteiger partial charge in [-0.25, -0.2) is 4.98 Å². The van der Waals surface area contributed by atoms with Crippen molar-refractivity contribution in [2.24, 2.45) is 0 Å². The Labute approximate surface area is 139 Å². The summed E-state index contributed by atoms with van der Waals surface area (Å²) in [4.78, 5) is 9.20. The molecule has 0 unspecified atom stereocenters. The highest BCUT2D eigenvalue weighted by atomic mass is 16.5. The number of rotatable bonds is 3. The van der Waals surface area contributed by atoms with E-state index in [-0.39, 0.29) is 0 Å². The molecule has 0 saturated carbocycles. The van der Waals surface area contributed by atoms with E-state index in [4.69, 9.17) is 15.0 Å². The molecule has 0 fully saturated rings. The highest BCUT2D eigenvalue weighted by molar-refractivity contribution is 5.89. The Morgan fingerprint density at radius 3 is 3.04 bits per heavy atom. The third-order valence-electron chi connectivity index (χ3n) is 4.09. The van der Waals surface area contributed by atoms with Gasteiger partial charge < -0.3 is 14.6 Å². The van der Waals surface area contributed by atoms with Gasteiger partial charge in [-0.2, -0.15) is 5.26 Å². The summed E-state index contributed by atoms with van der Waals surface area (Å²) >= 11 is 0. The van der Waals surface area contributed by atoms with Gasteiger partial charge in [0, 0.05) is 31.0 Å². The highest BCUT2D eigenvalue weighted by Gasteiger charge is 2.20. The number of anilines is 1. The van der Waals surface area contributed by atoms with Crippen LogP contribution in [-0.4, -0.2) is 27.7 Å². The van der Waals surface area contributed by atoms with Crippen LogP contribution in [0.1, 0.15) is 18.9 Å². The van der Waals surface area contributed by atoms with Crippen LogP contribution < -0.4 is 10.1 Å². The topological polar surface area (TPSA) is 75.8 Å². The largest absolute Gasteiger partial charge is 0.491 e. The van der Waals surface area contributed by atoms with Crippen LogP contribution in [0.3, 0.4) is 0 Å². The summed E-state index contributed by atoms with van der Waals surface area (Å²) in [5, 5.41) is 12.3. The van der Waals surface area contributed by atoms with Gasteiger partial charge >= 0.3 is 0 Å². The van der Waals surface area contributed by atoms with Gasteiger partial charge in [-0.05, 0) is 31.5 Å². The zero-order valence-corrected chi connectivity index (χ0v) is 13.4. The second-order valence-electron chi connectivity index (χ2n) is 5.71. The maximum Gasteiger partial charge on any atom is 0.159 e. The Kier molecular flexibility index (Phi) is 3.54. The molecular formula is C18H17N5O. The molecule has 0 radical (unpaired) electrons. The van der Waals surface area contributed by atoms with Gasteiger partial charge in [0.1, 0.15) is 23.0 Å². The predicted molar refractivity (Wildman–Crippen MR) is 92.0 cm³/mol. The quantitative estimate of drug-likeness (QED) is 0.802. The minimum absolute atomic E-state index is 0.546. The number of nitriles is 1. The molecule has 0 atom stereocenters. The van der Waals surface area contributed by atoms with Crippen LogP contribution in [0.2, 0.25) is 0 Å². The maximum absolute atomic E-state index is 8.94. The Bertz CT molecular complexity index is 937. The average molecular weight is 319 g/mol. The monoisotopic (exact) mass is 319 g/mol. The lowest BCUT2D eigenvalue weighted by Crippen LogP contribution is -2.02. The fourth-order valence-corrected chi connectivity index (χ4v) is 3.06. The summed E-state index contributed by atoms with van der Waals surface area (Å²) in [6.45, 7) is 4.43. The molecule has 0 amide bonds. The molecule has 6 heteroatoms. The van der Waals surface area contributed by atoms with Crippen molar-refractivity contribution < 1.29 is 4.74 Å². The molecule has 1 aliphatic heterocycles. The van der Waals surface area contributed by atoms with Crippen LogP contribution in [0.5, 0.6) is 5.75 Å². The molecule has 3 aromatic rings. The molecule has 0 aliphatic carbocycles. The molecule has 1 N–H and O–H groups in total. The lowest BCUT2D eigenvalue weighted by Gasteiger charge is -2.08. The summed E-state index contributed by atoms with van der Waals surface area (Å²) < 4.78 is 8.10. The SMILES string of the molecule is CCNc1cc2c3c(c1)nc(-c1ccc(C#N)cn1)n3CCCO2. The fraction of sp³-hybridized carbons (Fsp3) is 0.278. The zero-order chi connectivity index (χ0) is 16.5. The first-order valence-corrected chi connectivity index (χ1v) is 8.07. The molecule has 6 nitrogen and oxygen atoms in total. The number of imidazole rings is 1. The van der Waals surface area contributed by atoms with Crippen molar-refractivity contribution in [1.29, 1.82) is 5.26 Å². The average Bonchev–Trinajstić information content (AvgIpc) is 2.83. The number of hydrogen-bond acceptors (Lipinski definition) is 5. The molecule has 0 bridgehead atoms. The Morgan fingerprint density at radius 1 is 1.38 bits per heavy atom. The summed E-state index contributed by atoms with van der Waals surface area (Å²) in [7, 11) is 0. The van der Waals surface area contributed by atoms with Gasteiger partial charge in [0.15, 0.2) is 5.82 Å². The number of aryl methyl sites for hydroxylation is 1. The summed E-state index contributed by atoms with van der Waals surface area (Å²) in [5.41, 5.74) is 4.22. The van der Waals surface area contributed by atoms with E-state index in [9.17, 15) is 0 Å². The van der Waals surface area contributed by atoms with Gasteiger partial charge in [0.2, 0.25) is 0 Å². The molecule has 1 aliphatic rings. The van der Waals surface area contributed by atoms with Crippen LogP contribution in [0.25, 0.3) is 22.6 Å². The number of nitrogens with zero attached hydrogens (tertiary/aromatic N) is 4. The van der Waals surface area contributed by atoms with Crippen molar-refractivity contribution in [2.45, 2.75) is 19.9 Å². The lowest BCUT2D eigenvalue weighted by molar-refractivity contribution is 0.316. The van der Waals surface area contributed by atoms with Crippen LogP contribution in [-0.2, 0) is 6.54 Å². The molecule has 4 rings (SSSR count). The van der Waals surface area contributed by atoms with Crippen LogP contribution in [0.15, 0.2) is 30.5 Å². The second-order valence-corrected chi connectivity index (χ2v) is 5.71. The molecule has 0 spiro atoms. The Balaban J connectivity index is 1.92. The smallest absolute Gasteiger partial charge is 0.159 e. The third kappa shape index (κ3) is 2.35. The molecule has 2 aromatic heterocycles. The van der Waals surface area contributed by atoms with Crippen molar-refractivity contribution in [3.05, 3.63) is 36.0 Å². The standard InChI is InChI=1S/C18H17N5O/c1-2-20-13-8-15-17-16(9-13)24-7-3-6-23(17)18(22-15)14-5-4-12(10-19)11-21-14/h4-5,8-9,11,20H,2-3,6-7H2,1H3. The minimum Gasteiger partial charge on any atom is -0.491 e. The number of benzene rings is 1. The van der Waals surface area contributed by atoms with Crippen molar-refractivity contribution in [3.63, 3.8) is 0 Å². The summed E-state index contributed by atoms with van der Waals surface area (Å²) in [6, 6.07) is 9.79. The van der Waals surface area contributed by atoms with E-state index in [1.807, 2.05) is 18.2 Å². The van der Waals surface area contributed by atoms with Gasteiger partial charge in [0.05, 0.1) is 17.7 Å². The van der Waals surface area contributed by atoms with Crippen molar-refractivity contribution in [3.8, 4) is 23.3 Å². The van der Waals surface area contributed by atoms with Crippen molar-refractivity contribution in [1.82, 2.24) is 14.5 Å². The summed E-state index contributed by atoms with van der Waals surface area (Å²) in [5.74, 6) is 1.67. The van der Waals surface area contributed by atoms with E-state index < -0.39 is 0 Å². The van der Waals surface area contributed by atoms with E-state index in [1.54, 1.807) is 12.3 Å². The zero-order valence-electron chi connectivity index (χ0n) is 13.4. The molecule has 0 saturated heterocycles. The number of nitrogens with one attached hydrogen (secondary N) is 1. The number of ether oxygens (including phenoxy) is 1.